The maximum Gasteiger partial charge on any atom is 0.255 e. The van der Waals surface area contributed by atoms with Gasteiger partial charge in [-0.05, 0) is 43.3 Å². The average molecular weight is 388 g/mol. The molecule has 2 aromatic rings. The zero-order valence-corrected chi connectivity index (χ0v) is 15.8. The number of hydrogen-bond acceptors (Lipinski definition) is 5. The van der Waals surface area contributed by atoms with Crippen molar-refractivity contribution in [2.75, 3.05) is 22.0 Å². The van der Waals surface area contributed by atoms with Crippen LogP contribution in [0.4, 0.5) is 11.4 Å². The lowest BCUT2D eigenvalue weighted by Crippen LogP contribution is -2.30. The zero-order chi connectivity index (χ0) is 19.6. The first-order chi connectivity index (χ1) is 12.8. The minimum absolute atomic E-state index is 0.206. The van der Waals surface area contributed by atoms with Crippen LogP contribution in [0.3, 0.4) is 0 Å². The molecule has 27 heavy (non-hydrogen) atoms. The van der Waals surface area contributed by atoms with Gasteiger partial charge in [-0.25, -0.2) is 12.7 Å². The first-order valence-corrected chi connectivity index (χ1v) is 10.1. The molecule has 3 rings (SSSR count). The average Bonchev–Trinajstić information content (AvgIpc) is 2.84. The van der Waals surface area contributed by atoms with Crippen LogP contribution in [0.5, 0.6) is 5.75 Å². The Bertz CT molecular complexity index is 970. The summed E-state index contributed by atoms with van der Waals surface area (Å²) in [5.41, 5.74) is 1.11. The van der Waals surface area contributed by atoms with Gasteiger partial charge in [-0.2, -0.15) is 0 Å². The second-order valence-corrected chi connectivity index (χ2v) is 8.07. The van der Waals surface area contributed by atoms with Crippen molar-refractivity contribution in [1.29, 1.82) is 0 Å². The van der Waals surface area contributed by atoms with Gasteiger partial charge in [0.1, 0.15) is 5.75 Å². The van der Waals surface area contributed by atoms with Crippen molar-refractivity contribution < 1.29 is 22.7 Å². The summed E-state index contributed by atoms with van der Waals surface area (Å²) in [5, 5.41) is 2.77. The van der Waals surface area contributed by atoms with Gasteiger partial charge in [0.25, 0.3) is 5.91 Å². The van der Waals surface area contributed by atoms with Gasteiger partial charge in [0, 0.05) is 5.56 Å². The molecule has 7 nitrogen and oxygen atoms in total. The van der Waals surface area contributed by atoms with Crippen LogP contribution < -0.4 is 14.4 Å². The van der Waals surface area contributed by atoms with Crippen molar-refractivity contribution in [1.82, 2.24) is 0 Å². The number of anilines is 2. The fourth-order valence-corrected chi connectivity index (χ4v) is 4.70. The number of sulfonamides is 1. The third kappa shape index (κ3) is 3.80. The molecule has 0 spiro atoms. The van der Waals surface area contributed by atoms with Crippen LogP contribution in [0, 0.1) is 5.92 Å². The summed E-state index contributed by atoms with van der Waals surface area (Å²) in [4.78, 5) is 24.6. The predicted molar refractivity (Wildman–Crippen MR) is 102 cm³/mol. The maximum absolute atomic E-state index is 12.5. The number of amides is 2. The fraction of sp³-hybridized carbons (Fsp3) is 0.263. The highest BCUT2D eigenvalue weighted by Crippen LogP contribution is 2.29. The van der Waals surface area contributed by atoms with E-state index in [-0.39, 0.29) is 17.3 Å². The quantitative estimate of drug-likeness (QED) is 0.850. The lowest BCUT2D eigenvalue weighted by atomic mass is 10.1. The Hall–Kier alpha value is -2.87. The molecule has 0 saturated carbocycles. The van der Waals surface area contributed by atoms with Crippen LogP contribution in [0.25, 0.3) is 0 Å². The van der Waals surface area contributed by atoms with E-state index in [9.17, 15) is 18.0 Å². The first kappa shape index (κ1) is 18.9. The number of ether oxygens (including phenoxy) is 1. The number of carbonyl (C=O) groups excluding carboxylic acids is 2. The van der Waals surface area contributed by atoms with Gasteiger partial charge < -0.3 is 10.1 Å². The highest BCUT2D eigenvalue weighted by atomic mass is 32.2. The Labute approximate surface area is 158 Å². The zero-order valence-electron chi connectivity index (χ0n) is 15.0. The van der Waals surface area contributed by atoms with E-state index >= 15 is 0 Å². The van der Waals surface area contributed by atoms with Gasteiger partial charge >= 0.3 is 0 Å². The Kier molecular flexibility index (Phi) is 5.18. The number of benzene rings is 2. The van der Waals surface area contributed by atoms with Crippen LogP contribution in [0.1, 0.15) is 24.2 Å². The van der Waals surface area contributed by atoms with E-state index in [2.05, 4.69) is 5.32 Å². The van der Waals surface area contributed by atoms with Crippen LogP contribution in [-0.2, 0) is 14.8 Å². The summed E-state index contributed by atoms with van der Waals surface area (Å²) in [6.45, 7) is 3.90. The van der Waals surface area contributed by atoms with E-state index in [0.29, 0.717) is 23.6 Å². The molecule has 1 aliphatic heterocycles. The van der Waals surface area contributed by atoms with Crippen molar-refractivity contribution in [2.24, 2.45) is 5.92 Å². The van der Waals surface area contributed by atoms with Gasteiger partial charge in [-0.3, -0.25) is 9.59 Å². The van der Waals surface area contributed by atoms with E-state index in [4.69, 9.17) is 4.74 Å². The minimum atomic E-state index is -3.67. The number of para-hydroxylation sites is 2. The SMILES string of the molecule is CCOc1ccccc1NC(=O)c1ccc(N2C(=O)[C@H](C)CS2(=O)=O)cc1. The standard InChI is InChI=1S/C19H20N2O5S/c1-3-26-17-7-5-4-6-16(17)20-18(22)14-8-10-15(11-9-14)21-19(23)13(2)12-27(21,24)25/h4-11,13H,3,12H2,1-2H3,(H,20,22)/t13-/m1/s1. The topological polar surface area (TPSA) is 92.8 Å². The molecule has 2 amide bonds. The van der Waals surface area contributed by atoms with E-state index in [1.54, 1.807) is 25.1 Å². The molecular weight excluding hydrogens is 368 g/mol. The van der Waals surface area contributed by atoms with Crippen LogP contribution >= 0.6 is 0 Å². The second-order valence-electron chi connectivity index (χ2n) is 6.21. The molecule has 1 atom stereocenters. The van der Waals surface area contributed by atoms with Gasteiger partial charge in [-0.15, -0.1) is 0 Å². The van der Waals surface area contributed by atoms with E-state index in [1.807, 2.05) is 13.0 Å². The van der Waals surface area contributed by atoms with Crippen LogP contribution in [0.15, 0.2) is 48.5 Å². The third-order valence-electron chi connectivity index (χ3n) is 4.16. The molecule has 1 fully saturated rings. The second kappa shape index (κ2) is 7.40. The summed E-state index contributed by atoms with van der Waals surface area (Å²) in [7, 11) is -3.67. The molecule has 0 unspecified atom stereocenters. The first-order valence-electron chi connectivity index (χ1n) is 8.53. The normalized spacial score (nSPS) is 18.4. The minimum Gasteiger partial charge on any atom is -0.492 e. The molecule has 0 aromatic heterocycles. The molecule has 1 saturated heterocycles. The van der Waals surface area contributed by atoms with Crippen molar-refractivity contribution in [2.45, 2.75) is 13.8 Å². The molecule has 1 aliphatic rings. The molecule has 2 aromatic carbocycles. The number of nitrogens with zero attached hydrogens (tertiary/aromatic N) is 1. The molecule has 1 N–H and O–H groups in total. The summed E-state index contributed by atoms with van der Waals surface area (Å²) in [6, 6.07) is 13.0. The van der Waals surface area contributed by atoms with E-state index in [1.165, 1.54) is 24.3 Å². The lowest BCUT2D eigenvalue weighted by Gasteiger charge is -2.16. The highest BCUT2D eigenvalue weighted by Gasteiger charge is 2.41. The van der Waals surface area contributed by atoms with Crippen LogP contribution in [-0.4, -0.2) is 32.6 Å². The van der Waals surface area contributed by atoms with E-state index < -0.39 is 21.8 Å². The maximum atomic E-state index is 12.5. The summed E-state index contributed by atoms with van der Waals surface area (Å²) < 4.78 is 30.6. The molecule has 0 aliphatic carbocycles. The summed E-state index contributed by atoms with van der Waals surface area (Å²) in [6.07, 6.45) is 0. The molecule has 0 bridgehead atoms. The Morgan fingerprint density at radius 1 is 1.19 bits per heavy atom. The molecular formula is C19H20N2O5S. The largest absolute Gasteiger partial charge is 0.492 e. The van der Waals surface area contributed by atoms with Crippen molar-refractivity contribution in [3.8, 4) is 5.75 Å². The Balaban J connectivity index is 1.80. The van der Waals surface area contributed by atoms with Gasteiger partial charge in [0.05, 0.1) is 29.7 Å². The molecule has 1 heterocycles. The third-order valence-corrected chi connectivity index (χ3v) is 6.03. The molecule has 0 radical (unpaired) electrons. The smallest absolute Gasteiger partial charge is 0.255 e. The monoisotopic (exact) mass is 388 g/mol. The lowest BCUT2D eigenvalue weighted by molar-refractivity contribution is -0.119. The highest BCUT2D eigenvalue weighted by molar-refractivity contribution is 7.94. The fourth-order valence-electron chi connectivity index (χ4n) is 2.88. The van der Waals surface area contributed by atoms with Gasteiger partial charge in [0.2, 0.25) is 15.9 Å². The number of rotatable bonds is 5. The predicted octanol–water partition coefficient (Wildman–Crippen LogP) is 2.65. The van der Waals surface area contributed by atoms with Crippen molar-refractivity contribution >= 4 is 33.2 Å². The van der Waals surface area contributed by atoms with Crippen LogP contribution in [0.2, 0.25) is 0 Å². The molecule has 142 valence electrons. The summed E-state index contributed by atoms with van der Waals surface area (Å²) >= 11 is 0. The van der Waals surface area contributed by atoms with Gasteiger partial charge in [-0.1, -0.05) is 19.1 Å². The van der Waals surface area contributed by atoms with Crippen molar-refractivity contribution in [3.05, 3.63) is 54.1 Å². The van der Waals surface area contributed by atoms with E-state index in [0.717, 1.165) is 4.31 Å². The van der Waals surface area contributed by atoms with Gasteiger partial charge in [0.15, 0.2) is 0 Å². The molecule has 8 heteroatoms. The number of nitrogens with one attached hydrogen (secondary N) is 1. The Morgan fingerprint density at radius 3 is 2.44 bits per heavy atom. The Morgan fingerprint density at radius 2 is 1.85 bits per heavy atom. The number of hydrogen-bond donors (Lipinski definition) is 1. The number of carbonyl (C=O) groups is 2. The van der Waals surface area contributed by atoms with Crippen molar-refractivity contribution in [3.63, 3.8) is 0 Å². The summed E-state index contributed by atoms with van der Waals surface area (Å²) in [5.74, 6) is -1.04.